The third-order valence-electron chi connectivity index (χ3n) is 4.57. The molecular formula is C21H35N3O2. The summed E-state index contributed by atoms with van der Waals surface area (Å²) < 4.78 is 0. The lowest BCUT2D eigenvalue weighted by molar-refractivity contribution is -0.122. The third-order valence-corrected chi connectivity index (χ3v) is 4.57. The second kappa shape index (κ2) is 11.7. The van der Waals surface area contributed by atoms with Gasteiger partial charge in [-0.1, -0.05) is 46.8 Å². The molecule has 0 bridgehead atoms. The van der Waals surface area contributed by atoms with Crippen molar-refractivity contribution in [1.29, 1.82) is 0 Å². The summed E-state index contributed by atoms with van der Waals surface area (Å²) in [6.45, 7) is 13.9. The zero-order valence-electron chi connectivity index (χ0n) is 17.0. The van der Waals surface area contributed by atoms with Gasteiger partial charge >= 0.3 is 0 Å². The smallest absolute Gasteiger partial charge is 0.224 e. The second-order valence-corrected chi connectivity index (χ2v) is 7.22. The Bertz CT molecular complexity index is 551. The van der Waals surface area contributed by atoms with E-state index in [4.69, 9.17) is 0 Å². The summed E-state index contributed by atoms with van der Waals surface area (Å²) in [6, 6.07) is 7.93. The number of benzene rings is 1. The molecule has 0 aromatic heterocycles. The van der Waals surface area contributed by atoms with Crippen molar-refractivity contribution in [1.82, 2.24) is 10.2 Å². The molecule has 0 aliphatic heterocycles. The maximum absolute atomic E-state index is 12.2. The van der Waals surface area contributed by atoms with Gasteiger partial charge in [-0.3, -0.25) is 9.59 Å². The largest absolute Gasteiger partial charge is 0.355 e. The first-order valence-corrected chi connectivity index (χ1v) is 9.74. The van der Waals surface area contributed by atoms with Crippen LogP contribution in [-0.2, 0) is 9.59 Å². The maximum atomic E-state index is 12.2. The SMILES string of the molecule is CCN(CC)CCNC(=O)CC(C)CC(=O)Nc1ccc(C(C)C)cc1. The molecule has 1 aromatic rings. The summed E-state index contributed by atoms with van der Waals surface area (Å²) in [5.74, 6) is 0.447. The summed E-state index contributed by atoms with van der Waals surface area (Å²) in [7, 11) is 0. The molecule has 146 valence electrons. The van der Waals surface area contributed by atoms with Gasteiger partial charge in [-0.15, -0.1) is 0 Å². The third kappa shape index (κ3) is 8.48. The lowest BCUT2D eigenvalue weighted by Gasteiger charge is -2.18. The van der Waals surface area contributed by atoms with Crippen molar-refractivity contribution < 1.29 is 9.59 Å². The highest BCUT2D eigenvalue weighted by Gasteiger charge is 2.14. The fraction of sp³-hybridized carbons (Fsp3) is 0.619. The first-order valence-electron chi connectivity index (χ1n) is 9.74. The number of nitrogens with one attached hydrogen (secondary N) is 2. The Hall–Kier alpha value is -1.88. The fourth-order valence-corrected chi connectivity index (χ4v) is 2.83. The molecule has 0 saturated carbocycles. The summed E-state index contributed by atoms with van der Waals surface area (Å²) in [5, 5.41) is 5.85. The molecule has 1 atom stereocenters. The van der Waals surface area contributed by atoms with Gasteiger partial charge in [-0.05, 0) is 42.6 Å². The number of hydrogen-bond acceptors (Lipinski definition) is 3. The van der Waals surface area contributed by atoms with Crippen molar-refractivity contribution in [2.75, 3.05) is 31.5 Å². The average molecular weight is 362 g/mol. The molecule has 0 heterocycles. The van der Waals surface area contributed by atoms with E-state index in [-0.39, 0.29) is 17.7 Å². The van der Waals surface area contributed by atoms with E-state index in [9.17, 15) is 9.59 Å². The Kier molecular flexibility index (Phi) is 9.96. The Morgan fingerprint density at radius 3 is 2.08 bits per heavy atom. The van der Waals surface area contributed by atoms with Crippen LogP contribution in [0.1, 0.15) is 58.9 Å². The minimum absolute atomic E-state index is 0.0124. The van der Waals surface area contributed by atoms with E-state index in [1.807, 2.05) is 31.2 Å². The second-order valence-electron chi connectivity index (χ2n) is 7.22. The van der Waals surface area contributed by atoms with Crippen LogP contribution in [0.3, 0.4) is 0 Å². The van der Waals surface area contributed by atoms with Gasteiger partial charge in [0.15, 0.2) is 0 Å². The molecule has 1 rings (SSSR count). The minimum Gasteiger partial charge on any atom is -0.355 e. The first-order chi connectivity index (χ1) is 12.3. The van der Waals surface area contributed by atoms with Crippen molar-refractivity contribution in [3.05, 3.63) is 29.8 Å². The van der Waals surface area contributed by atoms with Crippen molar-refractivity contribution in [3.63, 3.8) is 0 Å². The molecule has 5 heteroatoms. The van der Waals surface area contributed by atoms with Crippen LogP contribution < -0.4 is 10.6 Å². The first kappa shape index (κ1) is 22.2. The van der Waals surface area contributed by atoms with Crippen LogP contribution in [-0.4, -0.2) is 42.9 Å². The normalized spacial score (nSPS) is 12.3. The van der Waals surface area contributed by atoms with Crippen LogP contribution in [0.25, 0.3) is 0 Å². The molecule has 26 heavy (non-hydrogen) atoms. The zero-order valence-corrected chi connectivity index (χ0v) is 17.0. The predicted molar refractivity (Wildman–Crippen MR) is 108 cm³/mol. The maximum Gasteiger partial charge on any atom is 0.224 e. The molecule has 0 aliphatic carbocycles. The van der Waals surface area contributed by atoms with Crippen LogP contribution in [0.2, 0.25) is 0 Å². The predicted octanol–water partition coefficient (Wildman–Crippen LogP) is 3.62. The van der Waals surface area contributed by atoms with Crippen molar-refractivity contribution in [2.24, 2.45) is 5.92 Å². The van der Waals surface area contributed by atoms with Gasteiger partial charge in [0, 0.05) is 31.6 Å². The van der Waals surface area contributed by atoms with Gasteiger partial charge in [0.1, 0.15) is 0 Å². The number of amides is 2. The van der Waals surface area contributed by atoms with E-state index in [0.717, 1.165) is 25.3 Å². The summed E-state index contributed by atoms with van der Waals surface area (Å²) in [4.78, 5) is 26.4. The van der Waals surface area contributed by atoms with E-state index >= 15 is 0 Å². The average Bonchev–Trinajstić information content (AvgIpc) is 2.58. The topological polar surface area (TPSA) is 61.4 Å². The Balaban J connectivity index is 2.31. The van der Waals surface area contributed by atoms with Crippen molar-refractivity contribution >= 4 is 17.5 Å². The molecule has 2 amide bonds. The van der Waals surface area contributed by atoms with Crippen LogP contribution in [0.5, 0.6) is 0 Å². The van der Waals surface area contributed by atoms with Crippen LogP contribution in [0.4, 0.5) is 5.69 Å². The standard InChI is InChI=1S/C21H35N3O2/c1-6-24(7-2)13-12-22-20(25)14-17(5)15-21(26)23-19-10-8-18(9-11-19)16(3)4/h8-11,16-17H,6-7,12-15H2,1-5H3,(H,22,25)(H,23,26). The zero-order chi connectivity index (χ0) is 19.5. The van der Waals surface area contributed by atoms with Gasteiger partial charge in [-0.25, -0.2) is 0 Å². The monoisotopic (exact) mass is 361 g/mol. The van der Waals surface area contributed by atoms with Crippen LogP contribution in [0.15, 0.2) is 24.3 Å². The Morgan fingerprint density at radius 2 is 1.54 bits per heavy atom. The molecular weight excluding hydrogens is 326 g/mol. The van der Waals surface area contributed by atoms with Crippen molar-refractivity contribution in [2.45, 2.75) is 53.4 Å². The van der Waals surface area contributed by atoms with E-state index in [1.54, 1.807) is 0 Å². The molecule has 0 radical (unpaired) electrons. The molecule has 0 aliphatic rings. The molecule has 2 N–H and O–H groups in total. The number of carbonyl (C=O) groups excluding carboxylic acids is 2. The summed E-state index contributed by atoms with van der Waals surface area (Å²) >= 11 is 0. The van der Waals surface area contributed by atoms with Crippen LogP contribution >= 0.6 is 0 Å². The molecule has 0 saturated heterocycles. The molecule has 0 spiro atoms. The van der Waals surface area contributed by atoms with E-state index in [0.29, 0.717) is 25.3 Å². The Morgan fingerprint density at radius 1 is 0.962 bits per heavy atom. The summed E-state index contributed by atoms with van der Waals surface area (Å²) in [6.07, 6.45) is 0.716. The van der Waals surface area contributed by atoms with E-state index < -0.39 is 0 Å². The lowest BCUT2D eigenvalue weighted by atomic mass is 10.0. The molecule has 5 nitrogen and oxygen atoms in total. The molecule has 1 unspecified atom stereocenters. The van der Waals surface area contributed by atoms with Gasteiger partial charge in [0.05, 0.1) is 0 Å². The van der Waals surface area contributed by atoms with Gasteiger partial charge in [-0.2, -0.15) is 0 Å². The number of nitrogens with zero attached hydrogens (tertiary/aromatic N) is 1. The highest BCUT2D eigenvalue weighted by atomic mass is 16.2. The lowest BCUT2D eigenvalue weighted by Crippen LogP contribution is -2.35. The van der Waals surface area contributed by atoms with Gasteiger partial charge < -0.3 is 15.5 Å². The molecule has 0 fully saturated rings. The van der Waals surface area contributed by atoms with E-state index in [1.165, 1.54) is 5.56 Å². The highest BCUT2D eigenvalue weighted by Crippen LogP contribution is 2.18. The number of carbonyl (C=O) groups is 2. The number of hydrogen-bond donors (Lipinski definition) is 2. The number of rotatable bonds is 11. The molecule has 1 aromatic carbocycles. The summed E-state index contributed by atoms with van der Waals surface area (Å²) in [5.41, 5.74) is 2.05. The quantitative estimate of drug-likeness (QED) is 0.633. The van der Waals surface area contributed by atoms with E-state index in [2.05, 4.69) is 43.2 Å². The number of anilines is 1. The number of likely N-dealkylation sites (N-methyl/N-ethyl adjacent to an activating group) is 1. The van der Waals surface area contributed by atoms with Gasteiger partial charge in [0.2, 0.25) is 11.8 Å². The fourth-order valence-electron chi connectivity index (χ4n) is 2.83. The minimum atomic E-state index is -0.0502. The Labute approximate surface area is 158 Å². The van der Waals surface area contributed by atoms with Gasteiger partial charge in [0.25, 0.3) is 0 Å². The van der Waals surface area contributed by atoms with Crippen molar-refractivity contribution in [3.8, 4) is 0 Å². The highest BCUT2D eigenvalue weighted by molar-refractivity contribution is 5.91. The van der Waals surface area contributed by atoms with Crippen LogP contribution in [0, 0.1) is 5.92 Å².